The molecule has 1 aromatic carbocycles. The topological polar surface area (TPSA) is 71.9 Å². The first-order chi connectivity index (χ1) is 16.2. The monoisotopic (exact) mass is 473 g/mol. The van der Waals surface area contributed by atoms with E-state index in [0.717, 1.165) is 23.5 Å². The Balaban J connectivity index is 1.69. The van der Waals surface area contributed by atoms with Crippen LogP contribution in [0.4, 0.5) is 8.78 Å². The number of aromatic nitrogens is 1. The molecule has 1 fully saturated rings. The summed E-state index contributed by atoms with van der Waals surface area (Å²) in [6.45, 7) is 9.56. The normalized spacial score (nSPS) is 14.1. The molecule has 1 aromatic heterocycles. The molecule has 2 amide bonds. The summed E-state index contributed by atoms with van der Waals surface area (Å²) >= 11 is 0. The van der Waals surface area contributed by atoms with Crippen molar-refractivity contribution in [3.05, 3.63) is 64.0 Å². The largest absolute Gasteiger partial charge is 0.462 e. The molecule has 182 valence electrons. The van der Waals surface area contributed by atoms with Crippen molar-refractivity contribution in [2.24, 2.45) is 0 Å². The number of rotatable bonds is 6. The Morgan fingerprint density at radius 2 is 1.62 bits per heavy atom. The van der Waals surface area contributed by atoms with Gasteiger partial charge < -0.3 is 19.1 Å². The molecule has 2 heterocycles. The van der Waals surface area contributed by atoms with Crippen molar-refractivity contribution in [1.82, 2.24) is 14.4 Å². The molecule has 0 spiro atoms. The highest BCUT2D eigenvalue weighted by molar-refractivity contribution is 5.99. The number of benzene rings is 1. The van der Waals surface area contributed by atoms with Gasteiger partial charge in [0.2, 0.25) is 5.91 Å². The fourth-order valence-corrected chi connectivity index (χ4v) is 4.25. The molecule has 0 N–H and O–H groups in total. The van der Waals surface area contributed by atoms with E-state index in [1.165, 1.54) is 17.0 Å². The van der Waals surface area contributed by atoms with Crippen LogP contribution in [0.25, 0.3) is 6.08 Å². The Labute approximate surface area is 197 Å². The smallest absolute Gasteiger partial charge is 0.340 e. The van der Waals surface area contributed by atoms with Gasteiger partial charge in [-0.1, -0.05) is 0 Å². The summed E-state index contributed by atoms with van der Waals surface area (Å²) in [6.07, 6.45) is 3.07. The zero-order valence-corrected chi connectivity index (χ0v) is 19.9. The van der Waals surface area contributed by atoms with Crippen LogP contribution in [-0.2, 0) is 16.1 Å². The zero-order valence-electron chi connectivity index (χ0n) is 19.9. The lowest BCUT2D eigenvalue weighted by Crippen LogP contribution is -2.50. The molecule has 0 atom stereocenters. The van der Waals surface area contributed by atoms with Gasteiger partial charge in [-0.25, -0.2) is 13.6 Å². The number of hydrogen-bond donors (Lipinski definition) is 0. The van der Waals surface area contributed by atoms with Crippen LogP contribution in [-0.4, -0.2) is 64.9 Å². The molecule has 34 heavy (non-hydrogen) atoms. The minimum atomic E-state index is -1.07. The average Bonchev–Trinajstić information content (AvgIpc) is 3.07. The predicted molar refractivity (Wildman–Crippen MR) is 123 cm³/mol. The van der Waals surface area contributed by atoms with Crippen molar-refractivity contribution in [3.63, 3.8) is 0 Å². The van der Waals surface area contributed by atoms with Crippen molar-refractivity contribution in [2.45, 2.75) is 34.2 Å². The second kappa shape index (κ2) is 10.6. The number of piperazine rings is 1. The maximum atomic E-state index is 13.5. The molecule has 1 aliphatic heterocycles. The van der Waals surface area contributed by atoms with Gasteiger partial charge in [0.1, 0.15) is 0 Å². The number of halogens is 2. The molecular weight excluding hydrogens is 444 g/mol. The lowest BCUT2D eigenvalue weighted by atomic mass is 10.1. The van der Waals surface area contributed by atoms with E-state index in [2.05, 4.69) is 0 Å². The Hall–Kier alpha value is -3.49. The molecule has 3 rings (SSSR count). The summed E-state index contributed by atoms with van der Waals surface area (Å²) in [6, 6.07) is 3.05. The first-order valence-electron chi connectivity index (χ1n) is 11.3. The number of ether oxygens (including phenoxy) is 1. The first kappa shape index (κ1) is 25.1. The molecule has 0 unspecified atom stereocenters. The van der Waals surface area contributed by atoms with Crippen molar-refractivity contribution >= 4 is 23.9 Å². The highest BCUT2D eigenvalue weighted by Crippen LogP contribution is 2.25. The zero-order chi connectivity index (χ0) is 25.0. The fraction of sp³-hybridized carbons (Fsp3) is 0.400. The Morgan fingerprint density at radius 1 is 0.971 bits per heavy atom. The van der Waals surface area contributed by atoms with E-state index in [0.29, 0.717) is 30.8 Å². The number of esters is 1. The summed E-state index contributed by atoms with van der Waals surface area (Å²) in [7, 11) is 0. The number of nitrogens with zero attached hydrogens (tertiary/aromatic N) is 3. The lowest BCUT2D eigenvalue weighted by molar-refractivity contribution is -0.127. The van der Waals surface area contributed by atoms with Gasteiger partial charge in [0.15, 0.2) is 11.6 Å². The summed E-state index contributed by atoms with van der Waals surface area (Å²) < 4.78 is 33.8. The van der Waals surface area contributed by atoms with Gasteiger partial charge in [-0.15, -0.1) is 0 Å². The van der Waals surface area contributed by atoms with Gasteiger partial charge in [0, 0.05) is 61.3 Å². The van der Waals surface area contributed by atoms with Gasteiger partial charge in [-0.3, -0.25) is 9.59 Å². The van der Waals surface area contributed by atoms with Crippen molar-refractivity contribution in [1.29, 1.82) is 0 Å². The molecule has 2 aromatic rings. The van der Waals surface area contributed by atoms with Gasteiger partial charge in [-0.2, -0.15) is 0 Å². The highest BCUT2D eigenvalue weighted by Gasteiger charge is 2.26. The Kier molecular flexibility index (Phi) is 7.86. The van der Waals surface area contributed by atoms with E-state index in [-0.39, 0.29) is 31.2 Å². The van der Waals surface area contributed by atoms with E-state index in [9.17, 15) is 23.2 Å². The second-order valence-corrected chi connectivity index (χ2v) is 8.00. The van der Waals surface area contributed by atoms with E-state index in [4.69, 9.17) is 4.74 Å². The number of amides is 2. The molecular formula is C25H29F2N3O4. The van der Waals surface area contributed by atoms with Crippen molar-refractivity contribution in [2.75, 3.05) is 32.8 Å². The molecule has 0 aliphatic carbocycles. The Bertz CT molecular complexity index is 1130. The first-order valence-corrected chi connectivity index (χ1v) is 11.3. The fourth-order valence-electron chi connectivity index (χ4n) is 4.25. The maximum absolute atomic E-state index is 13.5. The second-order valence-electron chi connectivity index (χ2n) is 8.00. The minimum absolute atomic E-state index is 0.0661. The quantitative estimate of drug-likeness (QED) is 0.475. The Morgan fingerprint density at radius 3 is 2.21 bits per heavy atom. The van der Waals surface area contributed by atoms with Crippen LogP contribution in [0.3, 0.4) is 0 Å². The standard InChI is InChI=1S/C25H29F2N3O4/c1-5-30-16(3)19(23(17(30)4)25(33)34-6-2)8-10-22(31)28-11-13-29(14-12-28)24(32)18-7-9-20(26)21(27)15-18/h7-10,15H,5-6,11-14H2,1-4H3/b10-8+. The van der Waals surface area contributed by atoms with Crippen LogP contribution in [0.2, 0.25) is 0 Å². The van der Waals surface area contributed by atoms with Crippen molar-refractivity contribution < 1.29 is 27.9 Å². The van der Waals surface area contributed by atoms with Crippen LogP contribution in [0.1, 0.15) is 51.5 Å². The summed E-state index contributed by atoms with van der Waals surface area (Å²) in [4.78, 5) is 41.0. The van der Waals surface area contributed by atoms with Crippen LogP contribution in [0.15, 0.2) is 24.3 Å². The van der Waals surface area contributed by atoms with Gasteiger partial charge in [0.25, 0.3) is 5.91 Å². The average molecular weight is 474 g/mol. The summed E-state index contributed by atoms with van der Waals surface area (Å²) in [5, 5.41) is 0. The molecule has 0 bridgehead atoms. The maximum Gasteiger partial charge on any atom is 0.340 e. The SMILES string of the molecule is CCOC(=O)c1c(/C=C/C(=O)N2CCN(C(=O)c3ccc(F)c(F)c3)CC2)c(C)n(CC)c1C. The number of carbonyl (C=O) groups is 3. The van der Waals surface area contributed by atoms with Crippen LogP contribution < -0.4 is 0 Å². The van der Waals surface area contributed by atoms with Crippen LogP contribution in [0.5, 0.6) is 0 Å². The molecule has 0 radical (unpaired) electrons. The van der Waals surface area contributed by atoms with Gasteiger partial charge in [-0.05, 0) is 52.0 Å². The summed E-state index contributed by atoms with van der Waals surface area (Å²) in [5.41, 5.74) is 2.82. The minimum Gasteiger partial charge on any atom is -0.462 e. The number of hydrogen-bond acceptors (Lipinski definition) is 4. The molecule has 9 heteroatoms. The van der Waals surface area contributed by atoms with Crippen LogP contribution >= 0.6 is 0 Å². The third-order valence-corrected chi connectivity index (χ3v) is 6.06. The van der Waals surface area contributed by atoms with E-state index >= 15 is 0 Å². The highest BCUT2D eigenvalue weighted by atomic mass is 19.2. The third-order valence-electron chi connectivity index (χ3n) is 6.06. The van der Waals surface area contributed by atoms with Crippen LogP contribution in [0, 0.1) is 25.5 Å². The molecule has 7 nitrogen and oxygen atoms in total. The van der Waals surface area contributed by atoms with E-state index in [1.807, 2.05) is 25.3 Å². The van der Waals surface area contributed by atoms with E-state index < -0.39 is 23.5 Å². The van der Waals surface area contributed by atoms with Gasteiger partial charge >= 0.3 is 5.97 Å². The van der Waals surface area contributed by atoms with Gasteiger partial charge in [0.05, 0.1) is 12.2 Å². The predicted octanol–water partition coefficient (Wildman–Crippen LogP) is 3.58. The molecule has 0 saturated carbocycles. The van der Waals surface area contributed by atoms with E-state index in [1.54, 1.807) is 17.9 Å². The molecule has 1 aliphatic rings. The lowest BCUT2D eigenvalue weighted by Gasteiger charge is -2.34. The molecule has 1 saturated heterocycles. The summed E-state index contributed by atoms with van der Waals surface area (Å²) in [5.74, 6) is -3.16. The third kappa shape index (κ3) is 5.03. The van der Waals surface area contributed by atoms with Crippen molar-refractivity contribution in [3.8, 4) is 0 Å². The number of carbonyl (C=O) groups excluding carboxylic acids is 3.